The Kier molecular flexibility index (Phi) is 8.57. The Morgan fingerprint density at radius 2 is 1.50 bits per heavy atom. The highest BCUT2D eigenvalue weighted by Gasteiger charge is 2.10. The van der Waals surface area contributed by atoms with E-state index < -0.39 is 8.38 Å². The van der Waals surface area contributed by atoms with Crippen LogP contribution in [0, 0.1) is 0 Å². The van der Waals surface area contributed by atoms with Crippen molar-refractivity contribution in [3.05, 3.63) is 59.7 Å². The number of phenolic OH excluding ortho intramolecular Hbond substituents is 1. The normalized spacial score (nSPS) is 11.1. The van der Waals surface area contributed by atoms with E-state index in [2.05, 4.69) is 29.0 Å². The van der Waals surface area contributed by atoms with Crippen molar-refractivity contribution >= 4 is 20.3 Å². The second-order valence-electron chi connectivity index (χ2n) is 5.06. The van der Waals surface area contributed by atoms with Crippen molar-refractivity contribution in [3.8, 4) is 5.75 Å². The van der Waals surface area contributed by atoms with Gasteiger partial charge in [-0.3, -0.25) is 4.72 Å². The largest absolute Gasteiger partial charge is 0.508 e. The lowest BCUT2D eigenvalue weighted by atomic mass is 10.1. The van der Waals surface area contributed by atoms with E-state index in [1.165, 1.54) is 11.1 Å². The van der Waals surface area contributed by atoms with E-state index in [0.717, 1.165) is 17.6 Å². The third-order valence-corrected chi connectivity index (χ3v) is 5.70. The molecule has 24 heavy (non-hydrogen) atoms. The molecule has 0 spiro atoms. The highest BCUT2D eigenvalue weighted by Crippen LogP contribution is 2.41. The minimum absolute atomic E-state index is 0.286. The van der Waals surface area contributed by atoms with Crippen LogP contribution >= 0.6 is 20.3 Å². The van der Waals surface area contributed by atoms with Gasteiger partial charge in [-0.05, 0) is 61.2 Å². The molecule has 0 atom stereocenters. The first-order valence-electron chi connectivity index (χ1n) is 8.01. The zero-order chi connectivity index (χ0) is 17.2. The fourth-order valence-electron chi connectivity index (χ4n) is 2.05. The average molecular weight is 365 g/mol. The van der Waals surface area contributed by atoms with Crippen molar-refractivity contribution in [1.82, 2.24) is 4.72 Å². The fraction of sp³-hybridized carbons (Fsp3) is 0.333. The van der Waals surface area contributed by atoms with Gasteiger partial charge in [0.2, 0.25) is 0 Å². The van der Waals surface area contributed by atoms with Gasteiger partial charge in [0.15, 0.2) is 8.38 Å². The molecule has 0 amide bonds. The zero-order valence-corrected chi connectivity index (χ0v) is 15.8. The summed E-state index contributed by atoms with van der Waals surface area (Å²) < 4.78 is 14.6. The minimum Gasteiger partial charge on any atom is -0.508 e. The summed E-state index contributed by atoms with van der Waals surface area (Å²) in [7, 11) is -0.831. The predicted molar refractivity (Wildman–Crippen MR) is 101 cm³/mol. The van der Waals surface area contributed by atoms with Crippen LogP contribution in [0.25, 0.3) is 0 Å². The third kappa shape index (κ3) is 6.80. The van der Waals surface area contributed by atoms with Crippen molar-refractivity contribution in [2.24, 2.45) is 0 Å². The number of hydrogen-bond donors (Lipinski definition) is 2. The van der Waals surface area contributed by atoms with Gasteiger partial charge in [0.1, 0.15) is 5.75 Å². The number of phenols is 1. The van der Waals surface area contributed by atoms with Crippen LogP contribution in [0.5, 0.6) is 5.75 Å². The van der Waals surface area contributed by atoms with Crippen LogP contribution in [0.3, 0.4) is 0 Å². The molecule has 0 saturated carbocycles. The van der Waals surface area contributed by atoms with Crippen molar-refractivity contribution in [2.75, 3.05) is 13.2 Å². The molecular formula is C18H24NO3PS. The second-order valence-corrected chi connectivity index (χ2v) is 7.52. The van der Waals surface area contributed by atoms with Crippen LogP contribution in [-0.4, -0.2) is 18.3 Å². The van der Waals surface area contributed by atoms with E-state index in [9.17, 15) is 5.11 Å². The Hall–Kier alpha value is -1.10. The summed E-state index contributed by atoms with van der Waals surface area (Å²) in [6, 6.07) is 15.7. The van der Waals surface area contributed by atoms with E-state index in [1.807, 2.05) is 26.0 Å². The standard InChI is InChI=1S/C18H24NO3PS/c1-3-21-23(22-4-2)14-16-7-5-15(6-8-16)13-19-24-18-11-9-17(20)10-12-18/h5-12,19-20H,3-4,13-14H2,1-2H3. The summed E-state index contributed by atoms with van der Waals surface area (Å²) >= 11 is 1.55. The molecule has 4 nitrogen and oxygen atoms in total. The molecule has 130 valence electrons. The summed E-state index contributed by atoms with van der Waals surface area (Å²) in [6.45, 7) is 6.13. The molecule has 2 rings (SSSR count). The maximum absolute atomic E-state index is 9.27. The molecule has 6 heteroatoms. The lowest BCUT2D eigenvalue weighted by molar-refractivity contribution is 0.268. The summed E-state index contributed by atoms with van der Waals surface area (Å²) in [5, 5.41) is 9.27. The fourth-order valence-corrected chi connectivity index (χ4v) is 4.06. The first kappa shape index (κ1) is 19.2. The highest BCUT2D eigenvalue weighted by atomic mass is 32.2. The summed E-state index contributed by atoms with van der Waals surface area (Å²) in [5.74, 6) is 0.286. The molecule has 2 aromatic carbocycles. The Morgan fingerprint density at radius 1 is 0.917 bits per heavy atom. The molecule has 0 aromatic heterocycles. The van der Waals surface area contributed by atoms with Gasteiger partial charge in [0.05, 0.1) is 13.2 Å². The van der Waals surface area contributed by atoms with E-state index in [1.54, 1.807) is 24.1 Å². The van der Waals surface area contributed by atoms with Crippen molar-refractivity contribution in [1.29, 1.82) is 0 Å². The Morgan fingerprint density at radius 3 is 2.08 bits per heavy atom. The highest BCUT2D eigenvalue weighted by molar-refractivity contribution is 7.97. The van der Waals surface area contributed by atoms with Crippen LogP contribution in [0.1, 0.15) is 25.0 Å². The number of hydrogen-bond acceptors (Lipinski definition) is 5. The molecule has 0 bridgehead atoms. The molecule has 0 aliphatic carbocycles. The van der Waals surface area contributed by atoms with Crippen LogP contribution < -0.4 is 4.72 Å². The Labute approximate surface area is 149 Å². The van der Waals surface area contributed by atoms with Crippen LogP contribution in [0.4, 0.5) is 0 Å². The molecule has 0 unspecified atom stereocenters. The first-order chi connectivity index (χ1) is 11.7. The third-order valence-electron chi connectivity index (χ3n) is 3.18. The second kappa shape index (κ2) is 10.7. The molecular weight excluding hydrogens is 341 g/mol. The molecule has 0 radical (unpaired) electrons. The van der Waals surface area contributed by atoms with Gasteiger partial charge in [-0.1, -0.05) is 24.3 Å². The predicted octanol–water partition coefficient (Wildman–Crippen LogP) is 5.07. The molecule has 2 aromatic rings. The number of nitrogens with one attached hydrogen (secondary N) is 1. The van der Waals surface area contributed by atoms with Gasteiger partial charge < -0.3 is 14.2 Å². The summed E-state index contributed by atoms with van der Waals surface area (Å²) in [5.41, 5.74) is 2.46. The van der Waals surface area contributed by atoms with E-state index in [4.69, 9.17) is 9.05 Å². The molecule has 0 fully saturated rings. The van der Waals surface area contributed by atoms with Crippen LogP contribution in [-0.2, 0) is 21.8 Å². The van der Waals surface area contributed by atoms with Gasteiger partial charge >= 0.3 is 0 Å². The molecule has 0 saturated heterocycles. The Bertz CT molecular complexity index is 586. The average Bonchev–Trinajstić information content (AvgIpc) is 2.59. The number of aromatic hydroxyl groups is 1. The molecule has 0 heterocycles. The minimum atomic E-state index is -0.831. The maximum Gasteiger partial charge on any atom is 0.175 e. The van der Waals surface area contributed by atoms with Crippen LogP contribution in [0.15, 0.2) is 53.4 Å². The molecule has 0 aliphatic heterocycles. The summed E-state index contributed by atoms with van der Waals surface area (Å²) in [4.78, 5) is 1.07. The summed E-state index contributed by atoms with van der Waals surface area (Å²) in [6.07, 6.45) is 0.826. The lowest BCUT2D eigenvalue weighted by Gasteiger charge is -2.15. The van der Waals surface area contributed by atoms with Crippen molar-refractivity contribution in [3.63, 3.8) is 0 Å². The van der Waals surface area contributed by atoms with Gasteiger partial charge in [-0.15, -0.1) is 0 Å². The monoisotopic (exact) mass is 365 g/mol. The SMILES string of the molecule is CCOP(Cc1ccc(CNSc2ccc(O)cc2)cc1)OCC. The van der Waals surface area contributed by atoms with E-state index in [-0.39, 0.29) is 5.75 Å². The smallest absolute Gasteiger partial charge is 0.175 e. The van der Waals surface area contributed by atoms with Gasteiger partial charge in [-0.2, -0.15) is 0 Å². The van der Waals surface area contributed by atoms with E-state index >= 15 is 0 Å². The quantitative estimate of drug-likeness (QED) is 0.454. The van der Waals surface area contributed by atoms with E-state index in [0.29, 0.717) is 13.2 Å². The number of benzene rings is 2. The first-order valence-corrected chi connectivity index (χ1v) is 10.2. The Balaban J connectivity index is 1.79. The van der Waals surface area contributed by atoms with Crippen molar-refractivity contribution < 1.29 is 14.2 Å². The van der Waals surface area contributed by atoms with Gasteiger partial charge in [-0.25, -0.2) is 0 Å². The molecule has 2 N–H and O–H groups in total. The van der Waals surface area contributed by atoms with Gasteiger partial charge in [0.25, 0.3) is 0 Å². The lowest BCUT2D eigenvalue weighted by Crippen LogP contribution is -2.03. The molecule has 0 aliphatic rings. The maximum atomic E-state index is 9.27. The van der Waals surface area contributed by atoms with Crippen molar-refractivity contribution in [2.45, 2.75) is 31.4 Å². The number of rotatable bonds is 10. The zero-order valence-electron chi connectivity index (χ0n) is 14.1. The topological polar surface area (TPSA) is 50.7 Å². The van der Waals surface area contributed by atoms with Crippen LogP contribution in [0.2, 0.25) is 0 Å². The van der Waals surface area contributed by atoms with Gasteiger partial charge in [0, 0.05) is 17.6 Å².